The van der Waals surface area contributed by atoms with Gasteiger partial charge in [-0.2, -0.15) is 13.2 Å². The standard InChI is InChI=1S/C10H18F3NO2/c1-4-5-6-16-8(15)9(2,3)7(14)10(11,12)13/h7H,4-6,14H2,1-3H3/t7-/m1/s1. The van der Waals surface area contributed by atoms with Crippen LogP contribution in [0.1, 0.15) is 33.6 Å². The van der Waals surface area contributed by atoms with Crippen molar-refractivity contribution in [3.8, 4) is 0 Å². The van der Waals surface area contributed by atoms with Crippen LogP contribution >= 0.6 is 0 Å². The minimum atomic E-state index is -4.60. The topological polar surface area (TPSA) is 52.3 Å². The molecule has 2 N–H and O–H groups in total. The van der Waals surface area contributed by atoms with Crippen LogP contribution in [0, 0.1) is 5.41 Å². The maximum Gasteiger partial charge on any atom is 0.404 e. The van der Waals surface area contributed by atoms with Crippen molar-refractivity contribution in [2.45, 2.75) is 45.8 Å². The van der Waals surface area contributed by atoms with Gasteiger partial charge in [0.25, 0.3) is 0 Å². The highest BCUT2D eigenvalue weighted by atomic mass is 19.4. The third-order valence-corrected chi connectivity index (χ3v) is 2.39. The first-order valence-corrected chi connectivity index (χ1v) is 5.13. The summed E-state index contributed by atoms with van der Waals surface area (Å²) in [6, 6.07) is -2.21. The fraction of sp³-hybridized carbons (Fsp3) is 0.900. The molecule has 0 aromatic heterocycles. The zero-order chi connectivity index (χ0) is 13.0. The summed E-state index contributed by atoms with van der Waals surface area (Å²) < 4.78 is 41.8. The quantitative estimate of drug-likeness (QED) is 0.593. The molecule has 0 spiro atoms. The van der Waals surface area contributed by atoms with Crippen molar-refractivity contribution in [3.63, 3.8) is 0 Å². The third kappa shape index (κ3) is 4.00. The zero-order valence-electron chi connectivity index (χ0n) is 9.73. The summed E-state index contributed by atoms with van der Waals surface area (Å²) in [5.41, 5.74) is 3.25. The van der Waals surface area contributed by atoms with E-state index in [1.165, 1.54) is 0 Å². The van der Waals surface area contributed by atoms with Gasteiger partial charge in [-0.05, 0) is 20.3 Å². The molecule has 96 valence electrons. The monoisotopic (exact) mass is 241 g/mol. The van der Waals surface area contributed by atoms with Crippen LogP contribution in [0.4, 0.5) is 13.2 Å². The second kappa shape index (κ2) is 5.52. The van der Waals surface area contributed by atoms with Crippen molar-refractivity contribution in [2.75, 3.05) is 6.61 Å². The highest BCUT2D eigenvalue weighted by Gasteiger charge is 2.51. The molecule has 0 unspecified atom stereocenters. The van der Waals surface area contributed by atoms with Crippen LogP contribution in [0.5, 0.6) is 0 Å². The highest BCUT2D eigenvalue weighted by molar-refractivity contribution is 5.77. The van der Waals surface area contributed by atoms with E-state index in [1.54, 1.807) is 0 Å². The Balaban J connectivity index is 4.47. The Labute approximate surface area is 93.1 Å². The van der Waals surface area contributed by atoms with E-state index in [9.17, 15) is 18.0 Å². The maximum absolute atomic E-state index is 12.4. The Kier molecular flexibility index (Phi) is 5.25. The summed E-state index contributed by atoms with van der Waals surface area (Å²) in [4.78, 5) is 11.4. The van der Waals surface area contributed by atoms with Crippen molar-refractivity contribution >= 4 is 5.97 Å². The van der Waals surface area contributed by atoms with Gasteiger partial charge in [-0.1, -0.05) is 13.3 Å². The Morgan fingerprint density at radius 3 is 2.25 bits per heavy atom. The molecule has 0 aliphatic rings. The molecule has 0 bridgehead atoms. The number of nitrogens with two attached hydrogens (primary N) is 1. The maximum atomic E-state index is 12.4. The molecule has 0 rings (SSSR count). The molecule has 0 amide bonds. The average Bonchev–Trinajstić information content (AvgIpc) is 2.15. The molecular weight excluding hydrogens is 223 g/mol. The van der Waals surface area contributed by atoms with E-state index in [2.05, 4.69) is 0 Å². The first kappa shape index (κ1) is 15.2. The molecular formula is C10H18F3NO2. The molecule has 0 aliphatic carbocycles. The molecule has 0 saturated heterocycles. The normalized spacial score (nSPS) is 14.7. The molecule has 0 heterocycles. The summed E-state index contributed by atoms with van der Waals surface area (Å²) in [6.07, 6.45) is -3.17. The van der Waals surface area contributed by atoms with Crippen molar-refractivity contribution in [1.82, 2.24) is 0 Å². The number of hydrogen-bond acceptors (Lipinski definition) is 3. The van der Waals surface area contributed by atoms with E-state index < -0.39 is 23.6 Å². The van der Waals surface area contributed by atoms with Gasteiger partial charge in [-0.3, -0.25) is 4.79 Å². The fourth-order valence-electron chi connectivity index (χ4n) is 1.03. The van der Waals surface area contributed by atoms with Gasteiger partial charge in [0.15, 0.2) is 0 Å². The van der Waals surface area contributed by atoms with E-state index in [0.29, 0.717) is 6.42 Å². The number of unbranched alkanes of at least 4 members (excludes halogenated alkanes) is 1. The summed E-state index contributed by atoms with van der Waals surface area (Å²) in [5.74, 6) is -0.911. The molecule has 3 nitrogen and oxygen atoms in total. The number of esters is 1. The number of ether oxygens (including phenoxy) is 1. The zero-order valence-corrected chi connectivity index (χ0v) is 9.73. The van der Waals surface area contributed by atoms with Gasteiger partial charge in [0.2, 0.25) is 0 Å². The van der Waals surface area contributed by atoms with Crippen molar-refractivity contribution in [3.05, 3.63) is 0 Å². The molecule has 0 saturated carbocycles. The second-order valence-corrected chi connectivity index (χ2v) is 4.23. The summed E-state index contributed by atoms with van der Waals surface area (Å²) in [7, 11) is 0. The Bertz CT molecular complexity index is 239. The predicted octanol–water partition coefficient (Wildman–Crippen LogP) is 2.25. The minimum Gasteiger partial charge on any atom is -0.465 e. The van der Waals surface area contributed by atoms with E-state index >= 15 is 0 Å². The lowest BCUT2D eigenvalue weighted by molar-refractivity contribution is -0.188. The number of hydrogen-bond donors (Lipinski definition) is 1. The van der Waals surface area contributed by atoms with Crippen LogP contribution in [0.2, 0.25) is 0 Å². The second-order valence-electron chi connectivity index (χ2n) is 4.23. The number of rotatable bonds is 5. The molecule has 16 heavy (non-hydrogen) atoms. The Morgan fingerprint density at radius 2 is 1.88 bits per heavy atom. The van der Waals surface area contributed by atoms with Gasteiger partial charge in [-0.15, -0.1) is 0 Å². The van der Waals surface area contributed by atoms with E-state index in [0.717, 1.165) is 20.3 Å². The number of halogens is 3. The average molecular weight is 241 g/mol. The summed E-state index contributed by atoms with van der Waals surface area (Å²) in [5, 5.41) is 0. The molecule has 0 aliphatic heterocycles. The highest BCUT2D eigenvalue weighted by Crippen LogP contribution is 2.33. The Hall–Kier alpha value is -0.780. The van der Waals surface area contributed by atoms with Gasteiger partial charge in [0.05, 0.1) is 12.0 Å². The molecule has 0 aromatic carbocycles. The molecule has 0 radical (unpaired) electrons. The van der Waals surface area contributed by atoms with Crippen LogP contribution in [-0.4, -0.2) is 24.8 Å². The smallest absolute Gasteiger partial charge is 0.404 e. The molecule has 0 fully saturated rings. The van der Waals surface area contributed by atoms with Gasteiger partial charge < -0.3 is 10.5 Å². The number of alkyl halides is 3. The molecule has 6 heteroatoms. The summed E-state index contributed by atoms with van der Waals surface area (Å²) in [6.45, 7) is 4.29. The van der Waals surface area contributed by atoms with Crippen molar-refractivity contribution in [2.24, 2.45) is 11.1 Å². The predicted molar refractivity (Wildman–Crippen MR) is 53.7 cm³/mol. The van der Waals surface area contributed by atoms with Gasteiger partial charge in [0, 0.05) is 0 Å². The summed E-state index contributed by atoms with van der Waals surface area (Å²) >= 11 is 0. The van der Waals surface area contributed by atoms with Crippen LogP contribution in [0.3, 0.4) is 0 Å². The fourth-order valence-corrected chi connectivity index (χ4v) is 1.03. The molecule has 0 aromatic rings. The third-order valence-electron chi connectivity index (χ3n) is 2.39. The van der Waals surface area contributed by atoms with E-state index in [-0.39, 0.29) is 6.61 Å². The van der Waals surface area contributed by atoms with E-state index in [4.69, 9.17) is 10.5 Å². The van der Waals surface area contributed by atoms with Crippen molar-refractivity contribution in [1.29, 1.82) is 0 Å². The van der Waals surface area contributed by atoms with Crippen LogP contribution in [0.25, 0.3) is 0 Å². The first-order chi connectivity index (χ1) is 7.14. The number of carbonyl (C=O) groups is 1. The minimum absolute atomic E-state index is 0.128. The SMILES string of the molecule is CCCCOC(=O)C(C)(C)[C@@H](N)C(F)(F)F. The lowest BCUT2D eigenvalue weighted by Crippen LogP contribution is -2.53. The van der Waals surface area contributed by atoms with Crippen molar-refractivity contribution < 1.29 is 22.7 Å². The first-order valence-electron chi connectivity index (χ1n) is 5.13. The largest absolute Gasteiger partial charge is 0.465 e. The van der Waals surface area contributed by atoms with Gasteiger partial charge in [0.1, 0.15) is 6.04 Å². The lowest BCUT2D eigenvalue weighted by Gasteiger charge is -2.30. The van der Waals surface area contributed by atoms with Crippen LogP contribution in [-0.2, 0) is 9.53 Å². The van der Waals surface area contributed by atoms with Crippen LogP contribution in [0.15, 0.2) is 0 Å². The Morgan fingerprint density at radius 1 is 1.38 bits per heavy atom. The molecule has 1 atom stereocenters. The van der Waals surface area contributed by atoms with Crippen LogP contribution < -0.4 is 5.73 Å². The van der Waals surface area contributed by atoms with Gasteiger partial charge >= 0.3 is 12.1 Å². The van der Waals surface area contributed by atoms with Gasteiger partial charge in [-0.25, -0.2) is 0 Å². The number of carbonyl (C=O) groups excluding carboxylic acids is 1. The lowest BCUT2D eigenvalue weighted by atomic mass is 9.84. The van der Waals surface area contributed by atoms with E-state index in [1.807, 2.05) is 6.92 Å².